The van der Waals surface area contributed by atoms with E-state index < -0.39 is 28.8 Å². The minimum Gasteiger partial charge on any atom is -0.392 e. The van der Waals surface area contributed by atoms with E-state index in [1.165, 1.54) is 0 Å². The second kappa shape index (κ2) is 4.83. The number of nitriles is 1. The highest BCUT2D eigenvalue weighted by Crippen LogP contribution is 2.55. The maximum atomic E-state index is 13.6. The van der Waals surface area contributed by atoms with Gasteiger partial charge in [-0.15, -0.1) is 6.58 Å². The number of carbonyl (C=O) groups is 1. The highest BCUT2D eigenvalue weighted by atomic mass is 16.3. The van der Waals surface area contributed by atoms with Gasteiger partial charge in [-0.25, -0.2) is 0 Å². The lowest BCUT2D eigenvalue weighted by molar-refractivity contribution is -0.137. The largest absolute Gasteiger partial charge is 0.392 e. The molecule has 1 aromatic heterocycles. The van der Waals surface area contributed by atoms with Crippen LogP contribution < -0.4 is 0 Å². The minimum atomic E-state index is -1.38. The quantitative estimate of drug-likeness (QED) is 0.815. The molecule has 1 heterocycles. The molecule has 0 saturated heterocycles. The molecule has 0 aliphatic heterocycles. The van der Waals surface area contributed by atoms with Crippen molar-refractivity contribution in [1.29, 1.82) is 5.26 Å². The molecule has 2 aromatic rings. The number of aliphatic hydroxyl groups is 1. The molecule has 25 heavy (non-hydrogen) atoms. The third-order valence-corrected chi connectivity index (χ3v) is 6.53. The van der Waals surface area contributed by atoms with Gasteiger partial charge in [0.1, 0.15) is 5.41 Å². The van der Waals surface area contributed by atoms with Gasteiger partial charge >= 0.3 is 0 Å². The van der Waals surface area contributed by atoms with E-state index in [9.17, 15) is 15.2 Å². The maximum Gasteiger partial charge on any atom is 0.162 e. The van der Waals surface area contributed by atoms with Crippen LogP contribution >= 0.6 is 0 Å². The molecule has 1 fully saturated rings. The van der Waals surface area contributed by atoms with Crippen molar-refractivity contribution < 1.29 is 9.90 Å². The zero-order valence-corrected chi connectivity index (χ0v) is 14.8. The van der Waals surface area contributed by atoms with Crippen LogP contribution in [-0.4, -0.2) is 21.6 Å². The lowest BCUT2D eigenvalue weighted by atomic mass is 9.55. The Hall–Kier alpha value is -2.38. The summed E-state index contributed by atoms with van der Waals surface area (Å²) in [7, 11) is 1.99. The molecule has 4 heteroatoms. The van der Waals surface area contributed by atoms with Crippen LogP contribution in [0.15, 0.2) is 37.1 Å². The van der Waals surface area contributed by atoms with Gasteiger partial charge in [-0.1, -0.05) is 32.1 Å². The van der Waals surface area contributed by atoms with Crippen molar-refractivity contribution in [3.05, 3.63) is 48.2 Å². The molecule has 1 N–H and O–H groups in total. The molecule has 1 saturated carbocycles. The third-order valence-electron chi connectivity index (χ3n) is 6.53. The normalized spacial score (nSPS) is 32.9. The number of aliphatic hydroxyl groups excluding tert-OH is 1. The van der Waals surface area contributed by atoms with Gasteiger partial charge in [0.25, 0.3) is 0 Å². The summed E-state index contributed by atoms with van der Waals surface area (Å²) in [6.45, 7) is 7.94. The standard InChI is InChI=1S/C21H22N2O2/c1-5-12-17(24)9-14-19(25)21(12,11-22)13-7-6-8-16-18(13)15(10-23(16)4)20(14,2)3/h5-8,10,12,14,17,24H,1,9H2,2-4H3/t12-,14+,17+,21+/m1/s1. The average molecular weight is 334 g/mol. The monoisotopic (exact) mass is 334 g/mol. The number of rotatable bonds is 1. The number of carbonyl (C=O) groups excluding carboxylic acids is 1. The number of Topliss-reactive ketones (excluding diaryl/α,β-unsaturated/α-hetero) is 1. The molecule has 2 bridgehead atoms. The Kier molecular flexibility index (Phi) is 3.11. The molecule has 0 amide bonds. The van der Waals surface area contributed by atoms with Crippen molar-refractivity contribution in [2.45, 2.75) is 37.2 Å². The Morgan fingerprint density at radius 1 is 1.40 bits per heavy atom. The summed E-state index contributed by atoms with van der Waals surface area (Å²) in [6, 6.07) is 8.11. The number of aromatic nitrogens is 1. The summed E-state index contributed by atoms with van der Waals surface area (Å²) < 4.78 is 2.06. The number of ketones is 1. The fourth-order valence-corrected chi connectivity index (χ4v) is 5.13. The lowest BCUT2D eigenvalue weighted by Crippen LogP contribution is -2.56. The van der Waals surface area contributed by atoms with Crippen LogP contribution in [0.1, 0.15) is 31.4 Å². The van der Waals surface area contributed by atoms with E-state index in [0.717, 1.165) is 16.5 Å². The number of fused-ring (bicyclic) bond motifs is 3. The maximum absolute atomic E-state index is 13.6. The van der Waals surface area contributed by atoms with Gasteiger partial charge in [-0.3, -0.25) is 4.79 Å². The summed E-state index contributed by atoms with van der Waals surface area (Å²) in [4.78, 5) is 13.6. The van der Waals surface area contributed by atoms with Gasteiger partial charge in [0.2, 0.25) is 0 Å². The first-order valence-electron chi connectivity index (χ1n) is 8.66. The fourth-order valence-electron chi connectivity index (χ4n) is 5.13. The summed E-state index contributed by atoms with van der Waals surface area (Å²) in [6.07, 6.45) is 3.26. The lowest BCUT2D eigenvalue weighted by Gasteiger charge is -2.45. The van der Waals surface area contributed by atoms with Crippen LogP contribution in [0.25, 0.3) is 10.9 Å². The van der Waals surface area contributed by atoms with Gasteiger partial charge in [-0.05, 0) is 23.6 Å². The number of hydrogen-bond acceptors (Lipinski definition) is 3. The average Bonchev–Trinajstić information content (AvgIpc) is 2.92. The van der Waals surface area contributed by atoms with Crippen molar-refractivity contribution in [1.82, 2.24) is 4.57 Å². The van der Waals surface area contributed by atoms with Crippen molar-refractivity contribution in [3.63, 3.8) is 0 Å². The van der Waals surface area contributed by atoms with Gasteiger partial charge < -0.3 is 9.67 Å². The van der Waals surface area contributed by atoms with Gasteiger partial charge in [0.05, 0.1) is 12.2 Å². The van der Waals surface area contributed by atoms with Crippen LogP contribution in [-0.2, 0) is 22.7 Å². The molecule has 0 spiro atoms. The van der Waals surface area contributed by atoms with Crippen LogP contribution in [0.5, 0.6) is 0 Å². The minimum absolute atomic E-state index is 0.0819. The van der Waals surface area contributed by atoms with Crippen LogP contribution in [0.4, 0.5) is 0 Å². The van der Waals surface area contributed by atoms with Crippen LogP contribution in [0.3, 0.4) is 0 Å². The zero-order valence-electron chi connectivity index (χ0n) is 14.8. The van der Waals surface area contributed by atoms with Crippen molar-refractivity contribution in [2.24, 2.45) is 18.9 Å². The first-order chi connectivity index (χ1) is 11.8. The van der Waals surface area contributed by atoms with Crippen LogP contribution in [0, 0.1) is 23.2 Å². The third kappa shape index (κ3) is 1.67. The van der Waals surface area contributed by atoms with E-state index in [0.29, 0.717) is 12.0 Å². The van der Waals surface area contributed by atoms with E-state index >= 15 is 0 Å². The van der Waals surface area contributed by atoms with E-state index in [1.807, 2.05) is 25.2 Å². The Balaban J connectivity index is 2.24. The number of nitrogens with zero attached hydrogens (tertiary/aromatic N) is 2. The van der Waals surface area contributed by atoms with Crippen LogP contribution in [0.2, 0.25) is 0 Å². The molecular formula is C21H22N2O2. The molecule has 2 aliphatic carbocycles. The predicted molar refractivity (Wildman–Crippen MR) is 96.0 cm³/mol. The molecule has 4 nitrogen and oxygen atoms in total. The molecular weight excluding hydrogens is 312 g/mol. The Morgan fingerprint density at radius 2 is 2.12 bits per heavy atom. The molecule has 0 unspecified atom stereocenters. The zero-order chi connectivity index (χ0) is 18.1. The highest BCUT2D eigenvalue weighted by molar-refractivity contribution is 6.05. The molecule has 2 aliphatic rings. The Morgan fingerprint density at radius 3 is 2.76 bits per heavy atom. The molecule has 4 rings (SSSR count). The number of aryl methyl sites for hydroxylation is 1. The second-order valence-electron chi connectivity index (χ2n) is 7.98. The number of hydrogen-bond donors (Lipinski definition) is 1. The molecule has 0 radical (unpaired) electrons. The Labute approximate surface area is 147 Å². The van der Waals surface area contributed by atoms with Gasteiger partial charge in [-0.2, -0.15) is 5.26 Å². The fraction of sp³-hybridized carbons (Fsp3) is 0.429. The Bertz CT molecular complexity index is 962. The van der Waals surface area contributed by atoms with E-state index in [4.69, 9.17) is 0 Å². The van der Waals surface area contributed by atoms with Crippen molar-refractivity contribution in [2.75, 3.05) is 0 Å². The van der Waals surface area contributed by atoms with E-state index in [2.05, 4.69) is 37.3 Å². The predicted octanol–water partition coefficient (Wildman–Crippen LogP) is 2.98. The topological polar surface area (TPSA) is 66.0 Å². The summed E-state index contributed by atoms with van der Waals surface area (Å²) >= 11 is 0. The van der Waals surface area contributed by atoms with Gasteiger partial charge in [0.15, 0.2) is 5.78 Å². The summed E-state index contributed by atoms with van der Waals surface area (Å²) in [5.74, 6) is -1.09. The summed E-state index contributed by atoms with van der Waals surface area (Å²) in [5.41, 5.74) is 0.958. The van der Waals surface area contributed by atoms with E-state index in [1.54, 1.807) is 6.08 Å². The second-order valence-corrected chi connectivity index (χ2v) is 7.98. The molecule has 4 atom stereocenters. The SMILES string of the molecule is C=C[C@@H]1[C@@H](O)C[C@H]2C(=O)[C@]1(C#N)c1cccc3c1c(cn3C)C2(C)C. The van der Waals surface area contributed by atoms with Crippen molar-refractivity contribution >= 4 is 16.7 Å². The first kappa shape index (κ1) is 16.1. The summed E-state index contributed by atoms with van der Waals surface area (Å²) in [5, 5.41) is 22.0. The first-order valence-corrected chi connectivity index (χ1v) is 8.66. The van der Waals surface area contributed by atoms with E-state index in [-0.39, 0.29) is 5.78 Å². The van der Waals surface area contributed by atoms with Gasteiger partial charge in [0, 0.05) is 41.4 Å². The van der Waals surface area contributed by atoms with Crippen molar-refractivity contribution in [3.8, 4) is 6.07 Å². The number of benzene rings is 1. The molecule has 1 aromatic carbocycles. The smallest absolute Gasteiger partial charge is 0.162 e. The molecule has 128 valence electrons. The highest BCUT2D eigenvalue weighted by Gasteiger charge is 2.61.